The topological polar surface area (TPSA) is 110 Å². The molecule has 8 nitrogen and oxygen atoms in total. The molecular formula is C15H18N2O6. The number of carbonyl (C=O) groups excluding carboxylic acids is 1. The molecule has 1 atom stereocenters. The van der Waals surface area contributed by atoms with E-state index in [9.17, 15) is 24.8 Å². The van der Waals surface area contributed by atoms with Crippen LogP contribution in [0, 0.1) is 15.5 Å². The smallest absolute Gasteiger partial charge is 0.311 e. The van der Waals surface area contributed by atoms with Crippen LogP contribution >= 0.6 is 0 Å². The van der Waals surface area contributed by atoms with Crippen LogP contribution in [0.4, 0.5) is 5.69 Å². The van der Waals surface area contributed by atoms with Gasteiger partial charge in [0.25, 0.3) is 11.6 Å². The number of aliphatic carboxylic acids is 1. The number of carbonyl (C=O) groups is 2. The third-order valence-electron chi connectivity index (χ3n) is 4.13. The minimum atomic E-state index is -1.04. The molecule has 1 fully saturated rings. The second-order valence-corrected chi connectivity index (χ2v) is 5.84. The molecule has 8 heteroatoms. The number of carboxylic acid groups (broad SMARTS) is 1. The van der Waals surface area contributed by atoms with Crippen molar-refractivity contribution >= 4 is 17.6 Å². The molecule has 1 heterocycles. The number of nitro benzene ring substituents is 1. The van der Waals surface area contributed by atoms with Crippen LogP contribution in [0.25, 0.3) is 0 Å². The Kier molecular flexibility index (Phi) is 4.53. The van der Waals surface area contributed by atoms with Crippen LogP contribution in [-0.4, -0.2) is 47.0 Å². The zero-order valence-electron chi connectivity index (χ0n) is 12.9. The Hall–Kier alpha value is -2.64. The Balaban J connectivity index is 2.36. The third-order valence-corrected chi connectivity index (χ3v) is 4.13. The van der Waals surface area contributed by atoms with Crippen LogP contribution in [0.2, 0.25) is 0 Å². The van der Waals surface area contributed by atoms with Crippen molar-refractivity contribution < 1.29 is 24.4 Å². The summed E-state index contributed by atoms with van der Waals surface area (Å²) in [6.07, 6.45) is 0.999. The number of piperidine rings is 1. The highest BCUT2D eigenvalue weighted by molar-refractivity contribution is 5.99. The number of hydrogen-bond acceptors (Lipinski definition) is 5. The largest absolute Gasteiger partial charge is 0.497 e. The van der Waals surface area contributed by atoms with E-state index < -0.39 is 22.2 Å². The van der Waals surface area contributed by atoms with Crippen LogP contribution in [0.1, 0.15) is 30.1 Å². The Morgan fingerprint density at radius 1 is 1.43 bits per heavy atom. The quantitative estimate of drug-likeness (QED) is 0.670. The van der Waals surface area contributed by atoms with E-state index in [0.29, 0.717) is 25.1 Å². The first-order chi connectivity index (χ1) is 10.8. The number of nitro groups is 1. The molecule has 1 saturated heterocycles. The van der Waals surface area contributed by atoms with Gasteiger partial charge in [0, 0.05) is 19.2 Å². The Morgan fingerprint density at radius 3 is 2.70 bits per heavy atom. The van der Waals surface area contributed by atoms with Gasteiger partial charge in [-0.25, -0.2) is 0 Å². The van der Waals surface area contributed by atoms with Crippen molar-refractivity contribution in [2.75, 3.05) is 20.2 Å². The molecule has 1 aliphatic rings. The summed E-state index contributed by atoms with van der Waals surface area (Å²) in [6.45, 7) is 1.97. The fourth-order valence-corrected chi connectivity index (χ4v) is 2.73. The van der Waals surface area contributed by atoms with Gasteiger partial charge in [-0.2, -0.15) is 0 Å². The second kappa shape index (κ2) is 6.23. The number of ether oxygens (including phenoxy) is 1. The lowest BCUT2D eigenvalue weighted by Crippen LogP contribution is -2.48. The van der Waals surface area contributed by atoms with Gasteiger partial charge in [0.15, 0.2) is 0 Å². The van der Waals surface area contributed by atoms with Crippen molar-refractivity contribution in [3.63, 3.8) is 0 Å². The molecule has 124 valence electrons. The lowest BCUT2D eigenvalue weighted by atomic mass is 9.82. The van der Waals surface area contributed by atoms with Crippen molar-refractivity contribution in [2.24, 2.45) is 5.41 Å². The summed E-state index contributed by atoms with van der Waals surface area (Å²) in [4.78, 5) is 35.9. The summed E-state index contributed by atoms with van der Waals surface area (Å²) in [7, 11) is 1.40. The predicted octanol–water partition coefficient (Wildman–Crippen LogP) is 1.93. The second-order valence-electron chi connectivity index (χ2n) is 5.84. The normalized spacial score (nSPS) is 20.9. The summed E-state index contributed by atoms with van der Waals surface area (Å²) in [5.74, 6) is -1.20. The minimum absolute atomic E-state index is 0.0233. The summed E-state index contributed by atoms with van der Waals surface area (Å²) in [5.41, 5.74) is -1.45. The van der Waals surface area contributed by atoms with Gasteiger partial charge < -0.3 is 14.7 Å². The molecule has 0 spiro atoms. The maximum absolute atomic E-state index is 12.7. The average Bonchev–Trinajstić information content (AvgIpc) is 2.53. The van der Waals surface area contributed by atoms with Gasteiger partial charge in [-0.15, -0.1) is 0 Å². The van der Waals surface area contributed by atoms with Gasteiger partial charge in [0.2, 0.25) is 0 Å². The van der Waals surface area contributed by atoms with E-state index in [2.05, 4.69) is 0 Å². The molecule has 0 saturated carbocycles. The first-order valence-electron chi connectivity index (χ1n) is 7.13. The lowest BCUT2D eigenvalue weighted by molar-refractivity contribution is -0.385. The number of rotatable bonds is 4. The number of likely N-dealkylation sites (tertiary alicyclic amines) is 1. The molecule has 0 bridgehead atoms. The van der Waals surface area contributed by atoms with E-state index >= 15 is 0 Å². The van der Waals surface area contributed by atoms with Gasteiger partial charge >= 0.3 is 5.97 Å². The van der Waals surface area contributed by atoms with E-state index in [1.807, 2.05) is 0 Å². The zero-order chi connectivity index (χ0) is 17.2. The first kappa shape index (κ1) is 16.7. The van der Waals surface area contributed by atoms with Crippen LogP contribution in [0.5, 0.6) is 5.75 Å². The Labute approximate surface area is 132 Å². The van der Waals surface area contributed by atoms with Crippen LogP contribution in [0.15, 0.2) is 18.2 Å². The van der Waals surface area contributed by atoms with Gasteiger partial charge in [-0.1, -0.05) is 0 Å². The highest BCUT2D eigenvalue weighted by Gasteiger charge is 2.40. The molecule has 0 radical (unpaired) electrons. The lowest BCUT2D eigenvalue weighted by Gasteiger charge is -2.37. The molecule has 1 aromatic rings. The molecule has 1 unspecified atom stereocenters. The molecular weight excluding hydrogens is 304 g/mol. The van der Waals surface area contributed by atoms with Crippen molar-refractivity contribution in [2.45, 2.75) is 19.8 Å². The minimum Gasteiger partial charge on any atom is -0.497 e. The summed E-state index contributed by atoms with van der Waals surface area (Å²) >= 11 is 0. The number of hydrogen-bond donors (Lipinski definition) is 1. The van der Waals surface area contributed by atoms with E-state index in [1.165, 1.54) is 30.2 Å². The highest BCUT2D eigenvalue weighted by Crippen LogP contribution is 2.32. The molecule has 1 aromatic carbocycles. The standard InChI is InChI=1S/C15H18N2O6/c1-15(14(19)20)6-3-7-16(9-15)13(18)11-8-10(23-2)4-5-12(11)17(21)22/h4-5,8H,3,6-7,9H2,1-2H3,(H,19,20). The van der Waals surface area contributed by atoms with E-state index in [-0.39, 0.29) is 17.8 Å². The molecule has 1 aliphatic heterocycles. The number of nitrogens with zero attached hydrogens (tertiary/aromatic N) is 2. The molecule has 1 amide bonds. The van der Waals surface area contributed by atoms with Crippen molar-refractivity contribution in [3.05, 3.63) is 33.9 Å². The molecule has 23 heavy (non-hydrogen) atoms. The molecule has 2 rings (SSSR count). The summed E-state index contributed by atoms with van der Waals surface area (Å²) < 4.78 is 5.02. The fraction of sp³-hybridized carbons (Fsp3) is 0.467. The Morgan fingerprint density at radius 2 is 2.13 bits per heavy atom. The zero-order valence-corrected chi connectivity index (χ0v) is 12.9. The van der Waals surface area contributed by atoms with E-state index in [0.717, 1.165) is 0 Å². The van der Waals surface area contributed by atoms with Crippen molar-refractivity contribution in [3.8, 4) is 5.75 Å². The Bertz CT molecular complexity index is 659. The van der Waals surface area contributed by atoms with Crippen LogP contribution in [0.3, 0.4) is 0 Å². The van der Waals surface area contributed by atoms with Crippen molar-refractivity contribution in [1.29, 1.82) is 0 Å². The maximum atomic E-state index is 12.7. The fourth-order valence-electron chi connectivity index (χ4n) is 2.73. The monoisotopic (exact) mass is 322 g/mol. The molecule has 1 N–H and O–H groups in total. The number of methoxy groups -OCH3 is 1. The van der Waals surface area contributed by atoms with E-state index in [4.69, 9.17) is 4.74 Å². The highest BCUT2D eigenvalue weighted by atomic mass is 16.6. The summed E-state index contributed by atoms with van der Waals surface area (Å²) in [5, 5.41) is 20.5. The predicted molar refractivity (Wildman–Crippen MR) is 80.5 cm³/mol. The summed E-state index contributed by atoms with van der Waals surface area (Å²) in [6, 6.07) is 3.94. The number of benzene rings is 1. The average molecular weight is 322 g/mol. The van der Waals surface area contributed by atoms with Crippen molar-refractivity contribution in [1.82, 2.24) is 4.90 Å². The first-order valence-corrected chi connectivity index (χ1v) is 7.13. The number of carboxylic acids is 1. The molecule has 0 aliphatic carbocycles. The van der Waals surface area contributed by atoms with Gasteiger partial charge in [0.05, 0.1) is 17.4 Å². The van der Waals surface area contributed by atoms with Crippen LogP contribution < -0.4 is 4.74 Å². The maximum Gasteiger partial charge on any atom is 0.311 e. The number of amides is 1. The van der Waals surface area contributed by atoms with Crippen LogP contribution in [-0.2, 0) is 4.79 Å². The SMILES string of the molecule is COc1ccc([N+](=O)[O-])c(C(=O)N2CCCC(C)(C(=O)O)C2)c1. The van der Waals surface area contributed by atoms with Gasteiger partial charge in [-0.3, -0.25) is 19.7 Å². The van der Waals surface area contributed by atoms with Gasteiger partial charge in [-0.05, 0) is 31.9 Å². The third kappa shape index (κ3) is 3.25. The van der Waals surface area contributed by atoms with E-state index in [1.54, 1.807) is 6.92 Å². The van der Waals surface area contributed by atoms with Gasteiger partial charge in [0.1, 0.15) is 11.3 Å². The molecule has 0 aromatic heterocycles.